The van der Waals surface area contributed by atoms with Crippen molar-refractivity contribution in [2.75, 3.05) is 0 Å². The average molecular weight is 205 g/mol. The molecule has 0 fully saturated rings. The lowest BCUT2D eigenvalue weighted by atomic mass is 9.88. The van der Waals surface area contributed by atoms with Gasteiger partial charge in [0.15, 0.2) is 0 Å². The maximum atomic E-state index is 10.7. The molecule has 3 heteroatoms. The largest absolute Gasteiger partial charge is 0.481 e. The van der Waals surface area contributed by atoms with Gasteiger partial charge in [-0.1, -0.05) is 24.6 Å². The summed E-state index contributed by atoms with van der Waals surface area (Å²) in [5.41, 5.74) is -0.651. The van der Waals surface area contributed by atoms with Gasteiger partial charge in [-0.3, -0.25) is 4.79 Å². The van der Waals surface area contributed by atoms with Crippen LogP contribution in [0.3, 0.4) is 0 Å². The number of hydrogen-bond donors (Lipinski definition) is 1. The Labute approximate surface area is 84.6 Å². The summed E-state index contributed by atoms with van der Waals surface area (Å²) in [4.78, 5) is 10.7. The molecule has 0 aliphatic carbocycles. The quantitative estimate of drug-likeness (QED) is 0.745. The Bertz CT molecular complexity index is 207. The summed E-state index contributed by atoms with van der Waals surface area (Å²) in [5, 5.41) is 9.62. The van der Waals surface area contributed by atoms with E-state index in [-0.39, 0.29) is 0 Å². The van der Waals surface area contributed by atoms with Gasteiger partial charge in [0.1, 0.15) is 0 Å². The Hall–Kier alpha value is -0.500. The third kappa shape index (κ3) is 4.94. The van der Waals surface area contributed by atoms with Gasteiger partial charge >= 0.3 is 5.97 Å². The first-order valence-electron chi connectivity index (χ1n) is 4.48. The first-order chi connectivity index (χ1) is 5.90. The van der Waals surface area contributed by atoms with Crippen molar-refractivity contribution in [1.82, 2.24) is 0 Å². The summed E-state index contributed by atoms with van der Waals surface area (Å²) in [6.07, 6.45) is 4.06. The lowest BCUT2D eigenvalue weighted by molar-refractivity contribution is -0.147. The minimum atomic E-state index is -0.756. The van der Waals surface area contributed by atoms with Crippen molar-refractivity contribution < 1.29 is 9.90 Å². The highest BCUT2D eigenvalue weighted by Gasteiger charge is 2.25. The second-order valence-corrected chi connectivity index (χ2v) is 4.22. The number of carboxylic acids is 1. The van der Waals surface area contributed by atoms with Gasteiger partial charge in [-0.2, -0.15) is 0 Å². The highest BCUT2D eigenvalue weighted by Crippen LogP contribution is 2.23. The normalized spacial score (nSPS) is 13.1. The fourth-order valence-electron chi connectivity index (χ4n) is 0.841. The van der Waals surface area contributed by atoms with Crippen LogP contribution in [0.4, 0.5) is 0 Å². The molecule has 13 heavy (non-hydrogen) atoms. The molecule has 0 aromatic rings. The summed E-state index contributed by atoms with van der Waals surface area (Å²) in [5.74, 6) is -0.756. The fraction of sp³-hybridized carbons (Fsp3) is 0.700. The molecule has 0 atom stereocenters. The molecule has 0 saturated carbocycles. The first kappa shape index (κ1) is 12.5. The molecule has 0 spiro atoms. The first-order valence-corrected chi connectivity index (χ1v) is 4.86. The molecule has 0 bridgehead atoms. The highest BCUT2D eigenvalue weighted by molar-refractivity contribution is 6.29. The molecule has 0 aromatic heterocycles. The SMILES string of the molecule is CCC(Cl)=CCCC(C)(C)C(=O)O. The van der Waals surface area contributed by atoms with E-state index in [1.807, 2.05) is 13.0 Å². The number of aliphatic carboxylic acids is 1. The molecular formula is C10H17ClO2. The molecule has 0 aliphatic rings. The monoisotopic (exact) mass is 204 g/mol. The van der Waals surface area contributed by atoms with Crippen molar-refractivity contribution >= 4 is 17.6 Å². The van der Waals surface area contributed by atoms with Crippen molar-refractivity contribution in [2.45, 2.75) is 40.0 Å². The van der Waals surface area contributed by atoms with Crippen LogP contribution in [0.5, 0.6) is 0 Å². The lowest BCUT2D eigenvalue weighted by Crippen LogP contribution is -2.23. The van der Waals surface area contributed by atoms with Gasteiger partial charge in [0, 0.05) is 5.03 Å². The molecule has 0 heterocycles. The van der Waals surface area contributed by atoms with Gasteiger partial charge in [-0.15, -0.1) is 0 Å². The van der Waals surface area contributed by atoms with Crippen LogP contribution in [-0.4, -0.2) is 11.1 Å². The molecule has 2 nitrogen and oxygen atoms in total. The van der Waals surface area contributed by atoms with Crippen molar-refractivity contribution in [3.8, 4) is 0 Å². The number of carbonyl (C=O) groups is 1. The van der Waals surface area contributed by atoms with E-state index in [0.29, 0.717) is 6.42 Å². The van der Waals surface area contributed by atoms with Crippen LogP contribution in [0.2, 0.25) is 0 Å². The minimum Gasteiger partial charge on any atom is -0.481 e. The zero-order chi connectivity index (χ0) is 10.5. The summed E-state index contributed by atoms with van der Waals surface area (Å²) >= 11 is 5.79. The summed E-state index contributed by atoms with van der Waals surface area (Å²) < 4.78 is 0. The van der Waals surface area contributed by atoms with Crippen LogP contribution in [0.1, 0.15) is 40.0 Å². The summed E-state index contributed by atoms with van der Waals surface area (Å²) in [7, 11) is 0. The zero-order valence-corrected chi connectivity index (χ0v) is 9.19. The van der Waals surface area contributed by atoms with Gasteiger partial charge < -0.3 is 5.11 Å². The van der Waals surface area contributed by atoms with Crippen molar-refractivity contribution in [1.29, 1.82) is 0 Å². The Morgan fingerprint density at radius 1 is 1.54 bits per heavy atom. The van der Waals surface area contributed by atoms with Gasteiger partial charge in [0.2, 0.25) is 0 Å². The molecule has 0 rings (SSSR count). The Morgan fingerprint density at radius 3 is 2.46 bits per heavy atom. The van der Waals surface area contributed by atoms with E-state index in [4.69, 9.17) is 16.7 Å². The predicted molar refractivity (Wildman–Crippen MR) is 54.9 cm³/mol. The number of rotatable bonds is 5. The van der Waals surface area contributed by atoms with Gasteiger partial charge in [0.25, 0.3) is 0 Å². The van der Waals surface area contributed by atoms with E-state index in [0.717, 1.165) is 17.9 Å². The van der Waals surface area contributed by atoms with Gasteiger partial charge in [0.05, 0.1) is 5.41 Å². The van der Waals surface area contributed by atoms with Crippen molar-refractivity contribution in [2.24, 2.45) is 5.41 Å². The van der Waals surface area contributed by atoms with Gasteiger partial charge in [-0.25, -0.2) is 0 Å². The van der Waals surface area contributed by atoms with E-state index in [1.54, 1.807) is 13.8 Å². The number of halogens is 1. The molecule has 0 aromatic carbocycles. The Balaban J connectivity index is 3.96. The number of allylic oxidation sites excluding steroid dienone is 2. The second-order valence-electron chi connectivity index (χ2n) is 3.73. The second kappa shape index (κ2) is 5.28. The fourth-order valence-corrected chi connectivity index (χ4v) is 0.950. The van der Waals surface area contributed by atoms with E-state index >= 15 is 0 Å². The van der Waals surface area contributed by atoms with Crippen molar-refractivity contribution in [3.63, 3.8) is 0 Å². The van der Waals surface area contributed by atoms with Crippen LogP contribution in [0.15, 0.2) is 11.1 Å². The molecule has 0 radical (unpaired) electrons. The highest BCUT2D eigenvalue weighted by atomic mass is 35.5. The summed E-state index contributed by atoms with van der Waals surface area (Å²) in [6.45, 7) is 5.42. The van der Waals surface area contributed by atoms with E-state index in [2.05, 4.69) is 0 Å². The smallest absolute Gasteiger partial charge is 0.309 e. The topological polar surface area (TPSA) is 37.3 Å². The van der Waals surface area contributed by atoms with Gasteiger partial charge in [-0.05, 0) is 33.1 Å². The maximum absolute atomic E-state index is 10.7. The molecule has 0 aliphatic heterocycles. The van der Waals surface area contributed by atoms with E-state index in [1.165, 1.54) is 0 Å². The number of hydrogen-bond acceptors (Lipinski definition) is 1. The average Bonchev–Trinajstić information content (AvgIpc) is 2.03. The third-order valence-electron chi connectivity index (χ3n) is 2.05. The molecule has 0 amide bonds. The van der Waals surface area contributed by atoms with Crippen LogP contribution in [0.25, 0.3) is 0 Å². The molecule has 0 saturated heterocycles. The predicted octanol–water partition coefficient (Wildman–Crippen LogP) is 3.41. The Morgan fingerprint density at radius 2 is 2.08 bits per heavy atom. The minimum absolute atomic E-state index is 0.624. The summed E-state index contributed by atoms with van der Waals surface area (Å²) in [6, 6.07) is 0. The molecule has 1 N–H and O–H groups in total. The van der Waals surface area contributed by atoms with Crippen LogP contribution in [0, 0.1) is 5.41 Å². The van der Waals surface area contributed by atoms with Crippen molar-refractivity contribution in [3.05, 3.63) is 11.1 Å². The zero-order valence-electron chi connectivity index (χ0n) is 8.43. The molecule has 0 unspecified atom stereocenters. The van der Waals surface area contributed by atoms with Crippen LogP contribution >= 0.6 is 11.6 Å². The van der Waals surface area contributed by atoms with Crippen LogP contribution in [-0.2, 0) is 4.79 Å². The number of carboxylic acid groups (broad SMARTS) is 1. The van der Waals surface area contributed by atoms with E-state index < -0.39 is 11.4 Å². The maximum Gasteiger partial charge on any atom is 0.309 e. The lowest BCUT2D eigenvalue weighted by Gasteiger charge is -2.17. The van der Waals surface area contributed by atoms with E-state index in [9.17, 15) is 4.79 Å². The standard InChI is InChI=1S/C10H17ClO2/c1-4-8(11)6-5-7-10(2,3)9(12)13/h6H,4-5,7H2,1-3H3,(H,12,13). The Kier molecular flexibility index (Phi) is 5.07. The van der Waals surface area contributed by atoms with Crippen LogP contribution < -0.4 is 0 Å². The molecular weight excluding hydrogens is 188 g/mol. The molecule has 76 valence electrons. The third-order valence-corrected chi connectivity index (χ3v) is 2.47.